The molecule has 1 aromatic heterocycles. The van der Waals surface area contributed by atoms with Crippen molar-refractivity contribution in [2.24, 2.45) is 0 Å². The second-order valence-electron chi connectivity index (χ2n) is 2.73. The third kappa shape index (κ3) is 1.30. The molecule has 68 valence electrons. The molecule has 0 atom stereocenters. The van der Waals surface area contributed by atoms with Gasteiger partial charge in [0.05, 0.1) is 0 Å². The topological polar surface area (TPSA) is 28.7 Å². The standard InChI is InChI=1S/C8H5Br2FN2/c1-3-5(11)2-4(9)6-7(3)12-13-8(6)10/h2H,1H3,(H,12,13). The lowest BCUT2D eigenvalue weighted by molar-refractivity contribution is 0.620. The third-order valence-electron chi connectivity index (χ3n) is 1.93. The van der Waals surface area contributed by atoms with Crippen molar-refractivity contribution < 1.29 is 4.39 Å². The van der Waals surface area contributed by atoms with E-state index in [1.165, 1.54) is 6.07 Å². The highest BCUT2D eigenvalue weighted by Crippen LogP contribution is 2.32. The van der Waals surface area contributed by atoms with Crippen molar-refractivity contribution >= 4 is 42.8 Å². The minimum Gasteiger partial charge on any atom is -0.270 e. The normalized spacial score (nSPS) is 11.1. The fourth-order valence-corrected chi connectivity index (χ4v) is 2.56. The average molecular weight is 308 g/mol. The van der Waals surface area contributed by atoms with Gasteiger partial charge in [-0.1, -0.05) is 0 Å². The van der Waals surface area contributed by atoms with E-state index in [0.29, 0.717) is 15.6 Å². The molecule has 1 aromatic carbocycles. The van der Waals surface area contributed by atoms with Crippen molar-refractivity contribution in [2.45, 2.75) is 6.92 Å². The average Bonchev–Trinajstić information content (AvgIpc) is 2.44. The zero-order valence-electron chi connectivity index (χ0n) is 6.66. The minimum atomic E-state index is -0.252. The Balaban J connectivity index is 2.99. The van der Waals surface area contributed by atoms with E-state index < -0.39 is 0 Å². The molecule has 0 amide bonds. The monoisotopic (exact) mass is 306 g/mol. The van der Waals surface area contributed by atoms with Gasteiger partial charge in [-0.25, -0.2) is 4.39 Å². The van der Waals surface area contributed by atoms with Crippen LogP contribution in [0, 0.1) is 12.7 Å². The first-order chi connectivity index (χ1) is 6.11. The number of aromatic nitrogens is 2. The Morgan fingerprint density at radius 1 is 1.46 bits per heavy atom. The van der Waals surface area contributed by atoms with Gasteiger partial charge in [0, 0.05) is 15.4 Å². The van der Waals surface area contributed by atoms with Crippen molar-refractivity contribution in [3.8, 4) is 0 Å². The number of nitrogens with zero attached hydrogens (tertiary/aromatic N) is 1. The van der Waals surface area contributed by atoms with Crippen LogP contribution in [0.2, 0.25) is 0 Å². The fraction of sp³-hybridized carbons (Fsp3) is 0.125. The molecule has 0 bridgehead atoms. The van der Waals surface area contributed by atoms with Crippen molar-refractivity contribution in [3.63, 3.8) is 0 Å². The van der Waals surface area contributed by atoms with Crippen LogP contribution in [-0.2, 0) is 0 Å². The Morgan fingerprint density at radius 2 is 2.15 bits per heavy atom. The summed E-state index contributed by atoms with van der Waals surface area (Å²) in [6, 6.07) is 1.44. The highest BCUT2D eigenvalue weighted by atomic mass is 79.9. The van der Waals surface area contributed by atoms with E-state index in [9.17, 15) is 4.39 Å². The molecule has 2 aromatic rings. The van der Waals surface area contributed by atoms with E-state index in [2.05, 4.69) is 42.1 Å². The van der Waals surface area contributed by atoms with Gasteiger partial charge in [0.25, 0.3) is 0 Å². The van der Waals surface area contributed by atoms with E-state index in [1.54, 1.807) is 6.92 Å². The number of rotatable bonds is 0. The summed E-state index contributed by atoms with van der Waals surface area (Å²) in [7, 11) is 0. The summed E-state index contributed by atoms with van der Waals surface area (Å²) >= 11 is 6.59. The predicted molar refractivity (Wildman–Crippen MR) is 56.2 cm³/mol. The molecule has 2 rings (SSSR count). The van der Waals surface area contributed by atoms with Gasteiger partial charge in [0.1, 0.15) is 15.9 Å². The van der Waals surface area contributed by atoms with Crippen LogP contribution in [0.5, 0.6) is 0 Å². The molecule has 0 spiro atoms. The summed E-state index contributed by atoms with van der Waals surface area (Å²) in [6.07, 6.45) is 0. The van der Waals surface area contributed by atoms with Crippen LogP contribution in [-0.4, -0.2) is 10.2 Å². The maximum Gasteiger partial charge on any atom is 0.129 e. The molecule has 0 aliphatic carbocycles. The second-order valence-corrected chi connectivity index (χ2v) is 4.37. The first-order valence-corrected chi connectivity index (χ1v) is 5.18. The number of fused-ring (bicyclic) bond motifs is 1. The van der Waals surface area contributed by atoms with Gasteiger partial charge in [0.15, 0.2) is 0 Å². The number of aromatic amines is 1. The number of halogens is 3. The number of hydrogen-bond acceptors (Lipinski definition) is 1. The molecule has 13 heavy (non-hydrogen) atoms. The molecule has 0 aliphatic heterocycles. The molecule has 1 heterocycles. The van der Waals surface area contributed by atoms with E-state index in [4.69, 9.17) is 0 Å². The summed E-state index contributed by atoms with van der Waals surface area (Å²) in [4.78, 5) is 0. The van der Waals surface area contributed by atoms with Crippen LogP contribution in [0.3, 0.4) is 0 Å². The van der Waals surface area contributed by atoms with Crippen LogP contribution < -0.4 is 0 Å². The van der Waals surface area contributed by atoms with E-state index in [-0.39, 0.29) is 5.82 Å². The molecule has 0 fully saturated rings. The van der Waals surface area contributed by atoms with Crippen LogP contribution in [0.25, 0.3) is 10.9 Å². The number of aryl methyl sites for hydroxylation is 1. The second kappa shape index (κ2) is 3.06. The smallest absolute Gasteiger partial charge is 0.129 e. The van der Waals surface area contributed by atoms with Gasteiger partial charge < -0.3 is 0 Å². The molecule has 2 nitrogen and oxygen atoms in total. The maximum atomic E-state index is 13.2. The SMILES string of the molecule is Cc1c(F)cc(Br)c2c(Br)[nH]nc12. The van der Waals surface area contributed by atoms with Gasteiger partial charge in [-0.2, -0.15) is 5.10 Å². The van der Waals surface area contributed by atoms with Gasteiger partial charge in [-0.05, 0) is 44.8 Å². The molecule has 5 heteroatoms. The predicted octanol–water partition coefficient (Wildman–Crippen LogP) is 3.54. The lowest BCUT2D eigenvalue weighted by Crippen LogP contribution is -1.84. The Kier molecular flexibility index (Phi) is 2.15. The molecular weight excluding hydrogens is 303 g/mol. The van der Waals surface area contributed by atoms with Gasteiger partial charge in [0.2, 0.25) is 0 Å². The van der Waals surface area contributed by atoms with E-state index in [1.807, 2.05) is 0 Å². The Labute approximate surface area is 90.8 Å². The van der Waals surface area contributed by atoms with Gasteiger partial charge in [-0.3, -0.25) is 5.10 Å². The fourth-order valence-electron chi connectivity index (χ4n) is 1.21. The van der Waals surface area contributed by atoms with Crippen molar-refractivity contribution in [3.05, 3.63) is 26.5 Å². The van der Waals surface area contributed by atoms with E-state index in [0.717, 1.165) is 9.99 Å². The number of nitrogens with one attached hydrogen (secondary N) is 1. The first kappa shape index (κ1) is 9.15. The Bertz CT molecular complexity index is 478. The zero-order valence-corrected chi connectivity index (χ0v) is 9.83. The van der Waals surface area contributed by atoms with Crippen molar-refractivity contribution in [1.29, 1.82) is 0 Å². The van der Waals surface area contributed by atoms with Crippen LogP contribution in [0.4, 0.5) is 4.39 Å². The Morgan fingerprint density at radius 3 is 2.85 bits per heavy atom. The minimum absolute atomic E-state index is 0.252. The van der Waals surface area contributed by atoms with Crippen LogP contribution >= 0.6 is 31.9 Å². The first-order valence-electron chi connectivity index (χ1n) is 3.59. The van der Waals surface area contributed by atoms with Crippen LogP contribution in [0.15, 0.2) is 15.1 Å². The maximum absolute atomic E-state index is 13.2. The molecule has 0 unspecified atom stereocenters. The van der Waals surface area contributed by atoms with Gasteiger partial charge in [-0.15, -0.1) is 0 Å². The summed E-state index contributed by atoms with van der Waals surface area (Å²) in [5.74, 6) is -0.252. The highest BCUT2D eigenvalue weighted by molar-refractivity contribution is 9.11. The van der Waals surface area contributed by atoms with Gasteiger partial charge >= 0.3 is 0 Å². The summed E-state index contributed by atoms with van der Waals surface area (Å²) < 4.78 is 14.7. The highest BCUT2D eigenvalue weighted by Gasteiger charge is 2.12. The summed E-state index contributed by atoms with van der Waals surface area (Å²) in [5.41, 5.74) is 1.21. The lowest BCUT2D eigenvalue weighted by atomic mass is 10.1. The molecule has 0 aliphatic rings. The number of H-pyrrole nitrogens is 1. The molecule has 0 saturated heterocycles. The number of benzene rings is 1. The summed E-state index contributed by atoms with van der Waals surface area (Å²) in [5, 5.41) is 7.63. The molecule has 0 saturated carbocycles. The Hall–Kier alpha value is -0.420. The lowest BCUT2D eigenvalue weighted by Gasteiger charge is -1.99. The van der Waals surface area contributed by atoms with Crippen LogP contribution in [0.1, 0.15) is 5.56 Å². The quantitative estimate of drug-likeness (QED) is 0.792. The summed E-state index contributed by atoms with van der Waals surface area (Å²) in [6.45, 7) is 1.71. The number of hydrogen-bond donors (Lipinski definition) is 1. The van der Waals surface area contributed by atoms with Crippen molar-refractivity contribution in [2.75, 3.05) is 0 Å². The van der Waals surface area contributed by atoms with E-state index >= 15 is 0 Å². The third-order valence-corrected chi connectivity index (χ3v) is 3.13. The molecule has 1 N–H and O–H groups in total. The van der Waals surface area contributed by atoms with Crippen molar-refractivity contribution in [1.82, 2.24) is 10.2 Å². The molecule has 0 radical (unpaired) electrons. The zero-order chi connectivity index (χ0) is 9.59. The molecular formula is C8H5Br2FN2. The largest absolute Gasteiger partial charge is 0.270 e.